The third-order valence-corrected chi connectivity index (χ3v) is 4.63. The molecular formula is C13H19N3O3S. The molecule has 1 unspecified atom stereocenters. The number of aromatic nitrogens is 1. The number of carboxylic acid groups (broad SMARTS) is 1. The van der Waals surface area contributed by atoms with Gasteiger partial charge in [-0.2, -0.15) is 0 Å². The topological polar surface area (TPSA) is 91.3 Å². The van der Waals surface area contributed by atoms with Crippen LogP contribution in [0.2, 0.25) is 0 Å². The number of carbonyl (C=O) groups is 2. The summed E-state index contributed by atoms with van der Waals surface area (Å²) < 4.78 is 0. The number of hydrogen-bond donors (Lipinski definition) is 3. The van der Waals surface area contributed by atoms with Gasteiger partial charge >= 0.3 is 12.0 Å². The van der Waals surface area contributed by atoms with Gasteiger partial charge in [-0.1, -0.05) is 6.92 Å². The van der Waals surface area contributed by atoms with Crippen LogP contribution in [0.4, 0.5) is 4.79 Å². The Morgan fingerprint density at radius 2 is 2.30 bits per heavy atom. The van der Waals surface area contributed by atoms with Crippen molar-refractivity contribution < 1.29 is 14.7 Å². The maximum absolute atomic E-state index is 11.9. The van der Waals surface area contributed by atoms with E-state index in [0.717, 1.165) is 24.3 Å². The number of aliphatic carboxylic acids is 1. The number of rotatable bonds is 6. The maximum Gasteiger partial charge on any atom is 0.315 e. The minimum absolute atomic E-state index is 0.0115. The van der Waals surface area contributed by atoms with Crippen molar-refractivity contribution >= 4 is 23.3 Å². The van der Waals surface area contributed by atoms with Gasteiger partial charge in [0.25, 0.3) is 0 Å². The Morgan fingerprint density at radius 1 is 1.55 bits per heavy atom. The highest BCUT2D eigenvalue weighted by atomic mass is 32.1. The predicted octanol–water partition coefficient (Wildman–Crippen LogP) is 1.94. The largest absolute Gasteiger partial charge is 0.481 e. The Labute approximate surface area is 121 Å². The molecule has 0 aromatic carbocycles. The van der Waals surface area contributed by atoms with Crippen molar-refractivity contribution in [3.05, 3.63) is 16.6 Å². The highest BCUT2D eigenvalue weighted by Gasteiger charge is 2.40. The first-order valence-corrected chi connectivity index (χ1v) is 7.56. The summed E-state index contributed by atoms with van der Waals surface area (Å²) in [4.78, 5) is 26.9. The summed E-state index contributed by atoms with van der Waals surface area (Å²) in [6.45, 7) is 2.48. The molecule has 1 aliphatic carbocycles. The van der Waals surface area contributed by atoms with Crippen LogP contribution in [0.15, 0.2) is 11.6 Å². The number of carboxylic acids is 1. The van der Waals surface area contributed by atoms with E-state index < -0.39 is 11.5 Å². The molecule has 20 heavy (non-hydrogen) atoms. The lowest BCUT2D eigenvalue weighted by atomic mass is 9.74. The maximum atomic E-state index is 11.9. The molecule has 1 atom stereocenters. The number of thiazole rings is 1. The fourth-order valence-corrected chi connectivity index (χ4v) is 3.03. The van der Waals surface area contributed by atoms with Crippen LogP contribution in [0.25, 0.3) is 0 Å². The Bertz CT molecular complexity index is 471. The smallest absolute Gasteiger partial charge is 0.315 e. The van der Waals surface area contributed by atoms with Crippen LogP contribution in [0, 0.1) is 0 Å². The lowest BCUT2D eigenvalue weighted by Crippen LogP contribution is -2.57. The molecule has 1 aromatic heterocycles. The summed E-state index contributed by atoms with van der Waals surface area (Å²) in [5.74, 6) is -0.723. The Morgan fingerprint density at radius 3 is 2.80 bits per heavy atom. The average Bonchev–Trinajstić information content (AvgIpc) is 2.86. The van der Waals surface area contributed by atoms with Crippen LogP contribution in [-0.2, 0) is 4.79 Å². The van der Waals surface area contributed by atoms with E-state index in [-0.39, 0.29) is 18.4 Å². The van der Waals surface area contributed by atoms with Gasteiger partial charge in [0, 0.05) is 24.0 Å². The van der Waals surface area contributed by atoms with Gasteiger partial charge in [-0.25, -0.2) is 9.78 Å². The standard InChI is InChI=1S/C13H19N3O3S/c1-9(11-14-5-6-20-11)8-15-12(19)16-13(3-2-4-13)7-10(17)18/h5-6,9H,2-4,7-8H2,1H3,(H,17,18)(H2,15,16,19). The van der Waals surface area contributed by atoms with Crippen molar-refractivity contribution in [1.82, 2.24) is 15.6 Å². The summed E-state index contributed by atoms with van der Waals surface area (Å²) in [7, 11) is 0. The number of carbonyl (C=O) groups excluding carboxylic acids is 1. The Balaban J connectivity index is 1.79. The van der Waals surface area contributed by atoms with E-state index in [1.54, 1.807) is 17.5 Å². The zero-order valence-corrected chi connectivity index (χ0v) is 12.2. The molecule has 0 radical (unpaired) electrons. The zero-order valence-electron chi connectivity index (χ0n) is 11.4. The number of hydrogen-bond acceptors (Lipinski definition) is 4. The number of nitrogens with zero attached hydrogens (tertiary/aromatic N) is 1. The van der Waals surface area contributed by atoms with Crippen molar-refractivity contribution in [2.75, 3.05) is 6.54 Å². The highest BCUT2D eigenvalue weighted by Crippen LogP contribution is 2.34. The highest BCUT2D eigenvalue weighted by molar-refractivity contribution is 7.09. The SMILES string of the molecule is CC(CNC(=O)NC1(CC(=O)O)CCC1)c1nccs1. The van der Waals surface area contributed by atoms with Gasteiger partial charge in [-0.15, -0.1) is 11.3 Å². The predicted molar refractivity (Wildman–Crippen MR) is 75.9 cm³/mol. The molecule has 0 spiro atoms. The van der Waals surface area contributed by atoms with Gasteiger partial charge in [0.1, 0.15) is 0 Å². The second-order valence-corrected chi connectivity index (χ2v) is 6.24. The molecule has 2 rings (SSSR count). The first-order chi connectivity index (χ1) is 9.51. The van der Waals surface area contributed by atoms with Gasteiger partial charge in [0.05, 0.1) is 17.0 Å². The molecule has 110 valence electrons. The fourth-order valence-electron chi connectivity index (χ4n) is 2.33. The lowest BCUT2D eigenvalue weighted by Gasteiger charge is -2.41. The van der Waals surface area contributed by atoms with Crippen molar-refractivity contribution in [1.29, 1.82) is 0 Å². The van der Waals surface area contributed by atoms with Crippen LogP contribution in [0.3, 0.4) is 0 Å². The summed E-state index contributed by atoms with van der Waals surface area (Å²) in [6.07, 6.45) is 4.15. The molecule has 1 heterocycles. The van der Waals surface area contributed by atoms with E-state index in [4.69, 9.17) is 5.11 Å². The normalized spacial score (nSPS) is 17.9. The molecule has 6 nitrogen and oxygen atoms in total. The van der Waals surface area contributed by atoms with E-state index in [2.05, 4.69) is 15.6 Å². The van der Waals surface area contributed by atoms with Crippen LogP contribution in [0.5, 0.6) is 0 Å². The third kappa shape index (κ3) is 3.69. The number of urea groups is 1. The molecule has 1 fully saturated rings. The van der Waals surface area contributed by atoms with E-state index >= 15 is 0 Å². The first kappa shape index (κ1) is 14.8. The minimum atomic E-state index is -0.874. The monoisotopic (exact) mass is 297 g/mol. The summed E-state index contributed by atoms with van der Waals surface area (Å²) in [5, 5.41) is 17.4. The summed E-state index contributed by atoms with van der Waals surface area (Å²) >= 11 is 1.56. The van der Waals surface area contributed by atoms with Gasteiger partial charge in [-0.3, -0.25) is 4.79 Å². The molecule has 1 aliphatic rings. The first-order valence-electron chi connectivity index (χ1n) is 6.68. The van der Waals surface area contributed by atoms with Gasteiger partial charge < -0.3 is 15.7 Å². The average molecular weight is 297 g/mol. The van der Waals surface area contributed by atoms with Crippen molar-refractivity contribution in [3.63, 3.8) is 0 Å². The van der Waals surface area contributed by atoms with Crippen molar-refractivity contribution in [2.45, 2.75) is 44.1 Å². The minimum Gasteiger partial charge on any atom is -0.481 e. The molecule has 0 aliphatic heterocycles. The zero-order chi connectivity index (χ0) is 14.6. The molecule has 0 saturated heterocycles. The van der Waals surface area contributed by atoms with E-state index in [1.807, 2.05) is 12.3 Å². The molecule has 7 heteroatoms. The van der Waals surface area contributed by atoms with E-state index in [1.165, 1.54) is 0 Å². The van der Waals surface area contributed by atoms with E-state index in [0.29, 0.717) is 6.54 Å². The molecule has 3 N–H and O–H groups in total. The second kappa shape index (κ2) is 6.21. The number of nitrogens with one attached hydrogen (secondary N) is 2. The van der Waals surface area contributed by atoms with E-state index in [9.17, 15) is 9.59 Å². The van der Waals surface area contributed by atoms with Gasteiger partial charge in [0.2, 0.25) is 0 Å². The third-order valence-electron chi connectivity index (χ3n) is 3.62. The van der Waals surface area contributed by atoms with Crippen LogP contribution in [-0.4, -0.2) is 34.2 Å². The van der Waals surface area contributed by atoms with Crippen LogP contribution >= 0.6 is 11.3 Å². The summed E-state index contributed by atoms with van der Waals surface area (Å²) in [5.41, 5.74) is -0.555. The Hall–Kier alpha value is -1.63. The summed E-state index contributed by atoms with van der Waals surface area (Å²) in [6, 6.07) is -0.297. The quantitative estimate of drug-likeness (QED) is 0.748. The molecule has 1 saturated carbocycles. The molecular weight excluding hydrogens is 278 g/mol. The number of amides is 2. The van der Waals surface area contributed by atoms with Crippen LogP contribution < -0.4 is 10.6 Å². The molecule has 0 bridgehead atoms. The second-order valence-electron chi connectivity index (χ2n) is 5.31. The van der Waals surface area contributed by atoms with Gasteiger partial charge in [-0.05, 0) is 19.3 Å². The fraction of sp³-hybridized carbons (Fsp3) is 0.615. The van der Waals surface area contributed by atoms with Gasteiger partial charge in [0.15, 0.2) is 0 Å². The van der Waals surface area contributed by atoms with Crippen molar-refractivity contribution in [2.24, 2.45) is 0 Å². The molecule has 1 aromatic rings. The Kier molecular flexibility index (Phi) is 4.59. The lowest BCUT2D eigenvalue weighted by molar-refractivity contribution is -0.139. The van der Waals surface area contributed by atoms with Crippen LogP contribution in [0.1, 0.15) is 43.5 Å². The molecule has 2 amide bonds. The van der Waals surface area contributed by atoms with Crippen molar-refractivity contribution in [3.8, 4) is 0 Å².